The van der Waals surface area contributed by atoms with Crippen molar-refractivity contribution in [3.05, 3.63) is 54.5 Å². The summed E-state index contributed by atoms with van der Waals surface area (Å²) in [6.45, 7) is 1.80. The molecule has 6 nitrogen and oxygen atoms in total. The Bertz CT molecular complexity index is 837. The zero-order chi connectivity index (χ0) is 19.7. The summed E-state index contributed by atoms with van der Waals surface area (Å²) in [5.74, 6) is 1.18. The Hall–Kier alpha value is -2.47. The molecule has 0 saturated carbocycles. The quantitative estimate of drug-likeness (QED) is 0.819. The number of benzene rings is 1. The van der Waals surface area contributed by atoms with Crippen LogP contribution < -0.4 is 15.5 Å². The van der Waals surface area contributed by atoms with Crippen LogP contribution in [0.4, 0.5) is 5.82 Å². The Labute approximate surface area is 172 Å². The van der Waals surface area contributed by atoms with Gasteiger partial charge in [-0.2, -0.15) is 0 Å². The van der Waals surface area contributed by atoms with Gasteiger partial charge in [0.1, 0.15) is 5.82 Å². The molecule has 4 heterocycles. The molecule has 5 rings (SSSR count). The zero-order valence-electron chi connectivity index (χ0n) is 16.8. The van der Waals surface area contributed by atoms with E-state index < -0.39 is 0 Å². The van der Waals surface area contributed by atoms with Crippen LogP contribution in [0, 0.1) is 5.41 Å². The monoisotopic (exact) mass is 391 g/mol. The second kappa shape index (κ2) is 7.75. The van der Waals surface area contributed by atoms with E-state index in [9.17, 15) is 4.79 Å². The number of amides is 1. The van der Waals surface area contributed by atoms with E-state index >= 15 is 0 Å². The van der Waals surface area contributed by atoms with E-state index in [0.717, 1.165) is 51.0 Å². The first kappa shape index (κ1) is 18.6. The molecule has 2 aromatic rings. The van der Waals surface area contributed by atoms with Crippen molar-refractivity contribution in [1.82, 2.24) is 20.6 Å². The maximum atomic E-state index is 13.6. The van der Waals surface area contributed by atoms with Crippen LogP contribution in [0.3, 0.4) is 0 Å². The third kappa shape index (κ3) is 3.62. The van der Waals surface area contributed by atoms with Crippen LogP contribution in [0.1, 0.15) is 37.7 Å². The molecule has 1 amide bonds. The standard InChI is InChI=1S/C23H29N5O/c29-22(27-18-8-12-28(13-9-18)21-16-24-10-11-25-21)23(14-17-4-2-1-3-5-17)15-19-6-7-20(23)26-19/h1-5,10-11,16,18-20,26H,6-9,12-15H2,(H,27,29)/t19-,20+,23+/m0/s1. The molecule has 3 aliphatic heterocycles. The predicted molar refractivity (Wildman–Crippen MR) is 113 cm³/mol. The molecule has 0 radical (unpaired) electrons. The molecule has 29 heavy (non-hydrogen) atoms. The van der Waals surface area contributed by atoms with E-state index in [4.69, 9.17) is 0 Å². The normalized spacial score (nSPS) is 29.2. The van der Waals surface area contributed by atoms with Gasteiger partial charge in [-0.05, 0) is 44.1 Å². The van der Waals surface area contributed by atoms with Crippen molar-refractivity contribution >= 4 is 11.7 Å². The second-order valence-corrected chi connectivity index (χ2v) is 8.81. The highest BCUT2D eigenvalue weighted by molar-refractivity contribution is 5.85. The number of hydrogen-bond acceptors (Lipinski definition) is 5. The van der Waals surface area contributed by atoms with Gasteiger partial charge < -0.3 is 15.5 Å². The topological polar surface area (TPSA) is 70.2 Å². The van der Waals surface area contributed by atoms with E-state index in [2.05, 4.69) is 49.8 Å². The highest BCUT2D eigenvalue weighted by Crippen LogP contribution is 2.46. The second-order valence-electron chi connectivity index (χ2n) is 8.81. The van der Waals surface area contributed by atoms with Gasteiger partial charge in [0, 0.05) is 43.6 Å². The summed E-state index contributed by atoms with van der Waals surface area (Å²) >= 11 is 0. The fraction of sp³-hybridized carbons (Fsp3) is 0.522. The predicted octanol–water partition coefficient (Wildman–Crippen LogP) is 2.31. The van der Waals surface area contributed by atoms with Gasteiger partial charge in [0.15, 0.2) is 0 Å². The van der Waals surface area contributed by atoms with Gasteiger partial charge in [-0.25, -0.2) is 4.98 Å². The molecule has 0 unspecified atom stereocenters. The molecule has 3 atom stereocenters. The Morgan fingerprint density at radius 1 is 1.14 bits per heavy atom. The minimum atomic E-state index is -0.313. The van der Waals surface area contributed by atoms with Crippen LogP contribution >= 0.6 is 0 Å². The van der Waals surface area contributed by atoms with Crippen molar-refractivity contribution in [2.45, 2.75) is 56.7 Å². The van der Waals surface area contributed by atoms with Crippen molar-refractivity contribution in [2.24, 2.45) is 5.41 Å². The summed E-state index contributed by atoms with van der Waals surface area (Å²) in [5.41, 5.74) is 0.946. The van der Waals surface area contributed by atoms with Gasteiger partial charge in [0.05, 0.1) is 11.6 Å². The van der Waals surface area contributed by atoms with Gasteiger partial charge in [-0.3, -0.25) is 9.78 Å². The van der Waals surface area contributed by atoms with E-state index in [0.29, 0.717) is 12.1 Å². The summed E-state index contributed by atoms with van der Waals surface area (Å²) in [6, 6.07) is 11.5. The number of piperidine rings is 1. The average molecular weight is 392 g/mol. The van der Waals surface area contributed by atoms with E-state index in [1.165, 1.54) is 12.0 Å². The summed E-state index contributed by atoms with van der Waals surface area (Å²) in [4.78, 5) is 24.4. The van der Waals surface area contributed by atoms with Crippen LogP contribution in [-0.2, 0) is 11.2 Å². The molecule has 0 spiro atoms. The zero-order valence-corrected chi connectivity index (χ0v) is 16.8. The largest absolute Gasteiger partial charge is 0.355 e. The first-order valence-corrected chi connectivity index (χ1v) is 10.8. The molecule has 2 N–H and O–H groups in total. The minimum absolute atomic E-state index is 0.238. The van der Waals surface area contributed by atoms with Crippen LogP contribution in [0.5, 0.6) is 0 Å². The molecule has 3 aliphatic rings. The van der Waals surface area contributed by atoms with Crippen molar-refractivity contribution in [2.75, 3.05) is 18.0 Å². The Morgan fingerprint density at radius 3 is 2.62 bits per heavy atom. The van der Waals surface area contributed by atoms with Crippen LogP contribution in [-0.4, -0.2) is 47.1 Å². The van der Waals surface area contributed by atoms with E-state index in [1.54, 1.807) is 12.4 Å². The third-order valence-electron chi connectivity index (χ3n) is 7.04. The van der Waals surface area contributed by atoms with Crippen LogP contribution in [0.25, 0.3) is 0 Å². The third-order valence-corrected chi connectivity index (χ3v) is 7.04. The number of nitrogens with one attached hydrogen (secondary N) is 2. The molecule has 6 heteroatoms. The Morgan fingerprint density at radius 2 is 1.97 bits per heavy atom. The number of anilines is 1. The summed E-state index contributed by atoms with van der Waals surface area (Å²) in [5, 5.41) is 7.14. The number of nitrogens with zero attached hydrogens (tertiary/aromatic N) is 3. The lowest BCUT2D eigenvalue weighted by Gasteiger charge is -2.39. The van der Waals surface area contributed by atoms with E-state index in [-0.39, 0.29) is 17.4 Å². The van der Waals surface area contributed by atoms with Gasteiger partial charge >= 0.3 is 0 Å². The number of rotatable bonds is 5. The van der Waals surface area contributed by atoms with Gasteiger partial charge in [0.25, 0.3) is 0 Å². The maximum absolute atomic E-state index is 13.6. The molecule has 3 fully saturated rings. The first-order valence-electron chi connectivity index (χ1n) is 10.8. The first-order chi connectivity index (χ1) is 14.2. The summed E-state index contributed by atoms with van der Waals surface area (Å²) in [6.07, 6.45) is 11.2. The summed E-state index contributed by atoms with van der Waals surface area (Å²) < 4.78 is 0. The van der Waals surface area contributed by atoms with Crippen molar-refractivity contribution in [1.29, 1.82) is 0 Å². The van der Waals surface area contributed by atoms with Gasteiger partial charge in [-0.1, -0.05) is 30.3 Å². The molecule has 3 saturated heterocycles. The highest BCUT2D eigenvalue weighted by Gasteiger charge is 2.55. The van der Waals surface area contributed by atoms with Gasteiger partial charge in [0.2, 0.25) is 5.91 Å². The fourth-order valence-electron chi connectivity index (χ4n) is 5.52. The molecule has 0 aliphatic carbocycles. The fourth-order valence-corrected chi connectivity index (χ4v) is 5.52. The lowest BCUT2D eigenvalue weighted by molar-refractivity contribution is -0.133. The van der Waals surface area contributed by atoms with Crippen LogP contribution in [0.2, 0.25) is 0 Å². The Kier molecular flexibility index (Phi) is 4.96. The average Bonchev–Trinajstić information content (AvgIpc) is 3.38. The van der Waals surface area contributed by atoms with E-state index in [1.807, 2.05) is 12.3 Å². The number of hydrogen-bond donors (Lipinski definition) is 2. The molecule has 1 aromatic carbocycles. The molecule has 2 bridgehead atoms. The minimum Gasteiger partial charge on any atom is -0.355 e. The molecular weight excluding hydrogens is 362 g/mol. The SMILES string of the molecule is O=C(NC1CCN(c2cnccn2)CC1)[C@]1(Cc2ccccc2)C[C@@H]2CC[C@H]1N2. The Balaban J connectivity index is 1.26. The molecular formula is C23H29N5O. The van der Waals surface area contributed by atoms with Crippen molar-refractivity contribution in [3.8, 4) is 0 Å². The van der Waals surface area contributed by atoms with Crippen LogP contribution in [0.15, 0.2) is 48.9 Å². The molecule has 1 aromatic heterocycles. The lowest BCUT2D eigenvalue weighted by Crippen LogP contribution is -2.54. The molecule has 152 valence electrons. The van der Waals surface area contributed by atoms with Crippen molar-refractivity contribution in [3.63, 3.8) is 0 Å². The van der Waals surface area contributed by atoms with Gasteiger partial charge in [-0.15, -0.1) is 0 Å². The van der Waals surface area contributed by atoms with Crippen molar-refractivity contribution < 1.29 is 4.79 Å². The summed E-state index contributed by atoms with van der Waals surface area (Å²) in [7, 11) is 0. The number of aromatic nitrogens is 2. The maximum Gasteiger partial charge on any atom is 0.228 e. The smallest absolute Gasteiger partial charge is 0.228 e. The number of fused-ring (bicyclic) bond motifs is 2. The highest BCUT2D eigenvalue weighted by atomic mass is 16.2. The number of carbonyl (C=O) groups is 1. The number of carbonyl (C=O) groups excluding carboxylic acids is 1. The lowest BCUT2D eigenvalue weighted by atomic mass is 9.69.